The number of rotatable bonds is 4. The van der Waals surface area contributed by atoms with E-state index in [-0.39, 0.29) is 6.04 Å². The molecule has 0 amide bonds. The van der Waals surface area contributed by atoms with Gasteiger partial charge in [-0.15, -0.1) is 0 Å². The second-order valence-corrected chi connectivity index (χ2v) is 5.44. The smallest absolute Gasteiger partial charge is 0.162 e. The third kappa shape index (κ3) is 3.30. The van der Waals surface area contributed by atoms with Crippen LogP contribution in [0.5, 0.6) is 0 Å². The Labute approximate surface area is 125 Å². The summed E-state index contributed by atoms with van der Waals surface area (Å²) >= 11 is 2.25. The Balaban J connectivity index is 2.30. The zero-order chi connectivity index (χ0) is 13.8. The molecule has 0 bridgehead atoms. The van der Waals surface area contributed by atoms with E-state index in [1.165, 1.54) is 6.07 Å². The molecule has 100 valence electrons. The van der Waals surface area contributed by atoms with E-state index in [9.17, 15) is 8.78 Å². The molecular weight excluding hydrogens is 359 g/mol. The van der Waals surface area contributed by atoms with Gasteiger partial charge in [0.2, 0.25) is 0 Å². The fraction of sp³-hybridized carbons (Fsp3) is 0.200. The van der Waals surface area contributed by atoms with Crippen molar-refractivity contribution in [3.05, 3.63) is 68.8 Å². The van der Waals surface area contributed by atoms with Gasteiger partial charge in [-0.3, -0.25) is 0 Å². The van der Waals surface area contributed by atoms with Crippen LogP contribution >= 0.6 is 22.6 Å². The zero-order valence-electron chi connectivity index (χ0n) is 10.5. The van der Waals surface area contributed by atoms with E-state index in [1.54, 1.807) is 6.07 Å². The number of likely N-dealkylation sites (N-methyl/N-ethyl adjacent to an activating group) is 1. The maximum absolute atomic E-state index is 13.7. The molecule has 0 spiro atoms. The summed E-state index contributed by atoms with van der Waals surface area (Å²) in [5.41, 5.74) is 1.48. The maximum Gasteiger partial charge on any atom is 0.162 e. The Morgan fingerprint density at radius 3 is 2.53 bits per heavy atom. The molecule has 2 aromatic carbocycles. The summed E-state index contributed by atoms with van der Waals surface area (Å²) in [6, 6.07) is 12.2. The molecule has 0 aliphatic heterocycles. The third-order valence-electron chi connectivity index (χ3n) is 3.08. The van der Waals surface area contributed by atoms with Gasteiger partial charge in [0.15, 0.2) is 11.6 Å². The molecule has 0 aromatic heterocycles. The van der Waals surface area contributed by atoms with E-state index in [0.717, 1.165) is 15.2 Å². The average Bonchev–Trinajstić information content (AvgIpc) is 2.41. The van der Waals surface area contributed by atoms with Gasteiger partial charge in [-0.1, -0.05) is 30.3 Å². The van der Waals surface area contributed by atoms with Crippen molar-refractivity contribution < 1.29 is 8.78 Å². The van der Waals surface area contributed by atoms with Crippen molar-refractivity contribution in [2.75, 3.05) is 7.05 Å². The molecule has 0 fully saturated rings. The summed E-state index contributed by atoms with van der Waals surface area (Å²) in [6.45, 7) is 0. The van der Waals surface area contributed by atoms with E-state index in [1.807, 2.05) is 31.3 Å². The maximum atomic E-state index is 13.7. The van der Waals surface area contributed by atoms with Gasteiger partial charge in [-0.05, 0) is 59.3 Å². The van der Waals surface area contributed by atoms with Crippen LogP contribution in [-0.2, 0) is 6.42 Å². The van der Waals surface area contributed by atoms with E-state index in [0.29, 0.717) is 12.0 Å². The lowest BCUT2D eigenvalue weighted by Crippen LogP contribution is -2.20. The highest BCUT2D eigenvalue weighted by Crippen LogP contribution is 2.24. The summed E-state index contributed by atoms with van der Waals surface area (Å²) in [5.74, 6) is -1.55. The largest absolute Gasteiger partial charge is 0.313 e. The average molecular weight is 373 g/mol. The molecule has 1 unspecified atom stereocenters. The summed E-state index contributed by atoms with van der Waals surface area (Å²) in [4.78, 5) is 0. The molecule has 1 atom stereocenters. The minimum Gasteiger partial charge on any atom is -0.313 e. The Bertz CT molecular complexity index is 572. The fourth-order valence-electron chi connectivity index (χ4n) is 2.05. The monoisotopic (exact) mass is 373 g/mol. The van der Waals surface area contributed by atoms with Crippen LogP contribution < -0.4 is 5.32 Å². The highest BCUT2D eigenvalue weighted by Gasteiger charge is 2.16. The van der Waals surface area contributed by atoms with Crippen LogP contribution in [0.4, 0.5) is 8.78 Å². The molecule has 4 heteroatoms. The first-order chi connectivity index (χ1) is 9.13. The molecule has 0 heterocycles. The van der Waals surface area contributed by atoms with Gasteiger partial charge in [-0.25, -0.2) is 8.78 Å². The Morgan fingerprint density at radius 1 is 1.11 bits per heavy atom. The highest BCUT2D eigenvalue weighted by molar-refractivity contribution is 14.1. The lowest BCUT2D eigenvalue weighted by atomic mass is 9.98. The molecule has 0 aliphatic rings. The lowest BCUT2D eigenvalue weighted by molar-refractivity contribution is 0.486. The second-order valence-electron chi connectivity index (χ2n) is 4.28. The number of hydrogen-bond donors (Lipinski definition) is 1. The summed E-state index contributed by atoms with van der Waals surface area (Å²) < 4.78 is 28.0. The molecular formula is C15H14F2IN. The fourth-order valence-corrected chi connectivity index (χ4v) is 2.81. The molecule has 0 aliphatic carbocycles. The van der Waals surface area contributed by atoms with Crippen LogP contribution in [-0.4, -0.2) is 7.05 Å². The van der Waals surface area contributed by atoms with Crippen LogP contribution in [0.15, 0.2) is 42.5 Å². The molecule has 19 heavy (non-hydrogen) atoms. The van der Waals surface area contributed by atoms with Crippen LogP contribution in [0, 0.1) is 15.2 Å². The summed E-state index contributed by atoms with van der Waals surface area (Å²) in [7, 11) is 1.82. The first-order valence-electron chi connectivity index (χ1n) is 5.98. The van der Waals surface area contributed by atoms with Crippen molar-refractivity contribution in [2.45, 2.75) is 12.5 Å². The predicted octanol–water partition coefficient (Wildman–Crippen LogP) is 4.07. The molecule has 1 nitrogen and oxygen atoms in total. The molecule has 2 aromatic rings. The van der Waals surface area contributed by atoms with Crippen LogP contribution in [0.3, 0.4) is 0 Å². The Morgan fingerprint density at radius 2 is 1.84 bits per heavy atom. The number of benzene rings is 2. The number of nitrogens with one attached hydrogen (secondary N) is 1. The third-order valence-corrected chi connectivity index (χ3v) is 4.07. The quantitative estimate of drug-likeness (QED) is 0.797. The van der Waals surface area contributed by atoms with E-state index in [4.69, 9.17) is 0 Å². The molecule has 2 rings (SSSR count). The van der Waals surface area contributed by atoms with Gasteiger partial charge in [0, 0.05) is 9.61 Å². The molecule has 0 saturated carbocycles. The van der Waals surface area contributed by atoms with Crippen molar-refractivity contribution in [2.24, 2.45) is 0 Å². The van der Waals surface area contributed by atoms with Crippen LogP contribution in [0.25, 0.3) is 0 Å². The predicted molar refractivity (Wildman–Crippen MR) is 81.0 cm³/mol. The first kappa shape index (κ1) is 14.4. The van der Waals surface area contributed by atoms with Gasteiger partial charge >= 0.3 is 0 Å². The van der Waals surface area contributed by atoms with Gasteiger partial charge < -0.3 is 5.32 Å². The standard InChI is InChI=1S/C15H14F2IN/c1-19-14(11-6-2-3-8-13(11)18)9-10-5-4-7-12(16)15(10)17/h2-8,14,19H,9H2,1H3. The van der Waals surface area contributed by atoms with Gasteiger partial charge in [0.1, 0.15) is 0 Å². The summed E-state index contributed by atoms with van der Waals surface area (Å²) in [5, 5.41) is 3.16. The summed E-state index contributed by atoms with van der Waals surface area (Å²) in [6.07, 6.45) is 0.417. The van der Waals surface area contributed by atoms with Crippen LogP contribution in [0.2, 0.25) is 0 Å². The Hall–Kier alpha value is -1.01. The first-order valence-corrected chi connectivity index (χ1v) is 7.06. The SMILES string of the molecule is CNC(Cc1cccc(F)c1F)c1ccccc1I. The minimum absolute atomic E-state index is 0.0376. The molecule has 1 N–H and O–H groups in total. The van der Waals surface area contributed by atoms with E-state index < -0.39 is 11.6 Å². The van der Waals surface area contributed by atoms with Crippen molar-refractivity contribution in [3.8, 4) is 0 Å². The van der Waals surface area contributed by atoms with E-state index in [2.05, 4.69) is 27.9 Å². The topological polar surface area (TPSA) is 12.0 Å². The van der Waals surface area contributed by atoms with Gasteiger partial charge in [0.05, 0.1) is 0 Å². The normalized spacial score (nSPS) is 12.4. The van der Waals surface area contributed by atoms with Crippen molar-refractivity contribution >= 4 is 22.6 Å². The van der Waals surface area contributed by atoms with Crippen LogP contribution in [0.1, 0.15) is 17.2 Å². The van der Waals surface area contributed by atoms with Gasteiger partial charge in [-0.2, -0.15) is 0 Å². The molecule has 0 saturated heterocycles. The Kier molecular flexibility index (Phi) is 4.87. The number of halogens is 3. The van der Waals surface area contributed by atoms with E-state index >= 15 is 0 Å². The minimum atomic E-state index is -0.796. The zero-order valence-corrected chi connectivity index (χ0v) is 12.6. The molecule has 0 radical (unpaired) electrons. The van der Waals surface area contributed by atoms with Gasteiger partial charge in [0.25, 0.3) is 0 Å². The van der Waals surface area contributed by atoms with Crippen molar-refractivity contribution in [3.63, 3.8) is 0 Å². The van der Waals surface area contributed by atoms with Crippen molar-refractivity contribution in [1.29, 1.82) is 0 Å². The van der Waals surface area contributed by atoms with Crippen molar-refractivity contribution in [1.82, 2.24) is 5.32 Å². The lowest BCUT2D eigenvalue weighted by Gasteiger charge is -2.18. The second kappa shape index (κ2) is 6.43. The highest BCUT2D eigenvalue weighted by atomic mass is 127. The number of hydrogen-bond acceptors (Lipinski definition) is 1.